The Hall–Kier alpha value is -1.81. The van der Waals surface area contributed by atoms with Gasteiger partial charge in [0, 0.05) is 27.6 Å². The Morgan fingerprint density at radius 2 is 1.68 bits per heavy atom. The number of amides is 2. The van der Waals surface area contributed by atoms with Crippen LogP contribution in [-0.2, 0) is 26.2 Å². The molecule has 1 atom stereocenters. The summed E-state index contributed by atoms with van der Waals surface area (Å²) in [4.78, 5) is 27.7. The lowest BCUT2D eigenvalue weighted by Gasteiger charge is -2.31. The molecule has 7 nitrogen and oxygen atoms in total. The van der Waals surface area contributed by atoms with Crippen LogP contribution in [0.4, 0.5) is 5.69 Å². The van der Waals surface area contributed by atoms with Crippen LogP contribution in [0, 0.1) is 5.92 Å². The SMILES string of the molecule is CC(C)CNC(=O)C(C)N(Cc1cccc(Br)c1)C(=O)CN(c1cc(Cl)cc(Cl)c1)S(C)(=O)=O. The lowest BCUT2D eigenvalue weighted by Crippen LogP contribution is -2.51. The van der Waals surface area contributed by atoms with Crippen molar-refractivity contribution >= 4 is 66.7 Å². The van der Waals surface area contributed by atoms with Crippen LogP contribution in [0.2, 0.25) is 10.0 Å². The standard InChI is InChI=1S/C23H28BrCl2N3O4S/c1-15(2)12-27-23(31)16(3)28(13-17-6-5-7-18(24)8-17)22(30)14-29(34(4,32)33)21-10-19(25)9-20(26)11-21/h5-11,15-16H,12-14H2,1-4H3,(H,27,31). The first-order valence-corrected chi connectivity index (χ1v) is 13.9. The Kier molecular flexibility index (Phi) is 10.2. The van der Waals surface area contributed by atoms with Crippen molar-refractivity contribution in [1.29, 1.82) is 0 Å². The minimum atomic E-state index is -3.87. The van der Waals surface area contributed by atoms with Gasteiger partial charge in [0.25, 0.3) is 0 Å². The van der Waals surface area contributed by atoms with Gasteiger partial charge in [-0.05, 0) is 48.7 Å². The van der Waals surface area contributed by atoms with Crippen LogP contribution >= 0.6 is 39.1 Å². The van der Waals surface area contributed by atoms with E-state index < -0.39 is 28.5 Å². The van der Waals surface area contributed by atoms with E-state index >= 15 is 0 Å². The Morgan fingerprint density at radius 1 is 1.06 bits per heavy atom. The summed E-state index contributed by atoms with van der Waals surface area (Å²) in [5, 5.41) is 3.30. The summed E-state index contributed by atoms with van der Waals surface area (Å²) >= 11 is 15.5. The Bertz CT molecular complexity index is 1120. The molecule has 0 aliphatic heterocycles. The zero-order chi connectivity index (χ0) is 25.6. The predicted octanol–water partition coefficient (Wildman–Crippen LogP) is 4.71. The molecule has 1 unspecified atom stereocenters. The number of rotatable bonds is 10. The number of anilines is 1. The number of hydrogen-bond donors (Lipinski definition) is 1. The highest BCUT2D eigenvalue weighted by molar-refractivity contribution is 9.10. The number of halogens is 3. The second-order valence-corrected chi connectivity index (χ2v) is 12.1. The van der Waals surface area contributed by atoms with E-state index in [9.17, 15) is 18.0 Å². The third-order valence-corrected chi connectivity index (χ3v) is 6.98. The van der Waals surface area contributed by atoms with E-state index in [1.165, 1.54) is 23.1 Å². The van der Waals surface area contributed by atoms with Crippen molar-refractivity contribution in [3.63, 3.8) is 0 Å². The van der Waals surface area contributed by atoms with Crippen LogP contribution in [0.5, 0.6) is 0 Å². The molecule has 2 aromatic carbocycles. The summed E-state index contributed by atoms with van der Waals surface area (Å²) in [6, 6.07) is 10.8. The average Bonchev–Trinajstić information content (AvgIpc) is 2.71. The third-order valence-electron chi connectivity index (χ3n) is 4.91. The Morgan fingerprint density at radius 3 is 2.21 bits per heavy atom. The van der Waals surface area contributed by atoms with Gasteiger partial charge in [-0.15, -0.1) is 0 Å². The van der Waals surface area contributed by atoms with Gasteiger partial charge in [0.2, 0.25) is 21.8 Å². The van der Waals surface area contributed by atoms with Crippen molar-refractivity contribution < 1.29 is 18.0 Å². The smallest absolute Gasteiger partial charge is 0.244 e. The molecule has 34 heavy (non-hydrogen) atoms. The van der Waals surface area contributed by atoms with Crippen LogP contribution in [0.3, 0.4) is 0 Å². The highest BCUT2D eigenvalue weighted by Gasteiger charge is 2.30. The molecule has 0 saturated heterocycles. The van der Waals surface area contributed by atoms with Gasteiger partial charge in [-0.1, -0.05) is 65.1 Å². The van der Waals surface area contributed by atoms with Crippen molar-refractivity contribution in [3.05, 3.63) is 62.5 Å². The van der Waals surface area contributed by atoms with Crippen LogP contribution in [-0.4, -0.2) is 50.5 Å². The molecule has 2 amide bonds. The minimum Gasteiger partial charge on any atom is -0.354 e. The van der Waals surface area contributed by atoms with Gasteiger partial charge in [-0.3, -0.25) is 13.9 Å². The van der Waals surface area contributed by atoms with Gasteiger partial charge in [-0.25, -0.2) is 8.42 Å². The molecule has 0 aliphatic rings. The van der Waals surface area contributed by atoms with E-state index in [-0.39, 0.29) is 34.1 Å². The molecule has 0 bridgehead atoms. The van der Waals surface area contributed by atoms with Gasteiger partial charge in [0.05, 0.1) is 11.9 Å². The summed E-state index contributed by atoms with van der Waals surface area (Å²) < 4.78 is 26.9. The maximum Gasteiger partial charge on any atom is 0.244 e. The van der Waals surface area contributed by atoms with Crippen molar-refractivity contribution in [2.75, 3.05) is 23.7 Å². The molecule has 0 radical (unpaired) electrons. The molecule has 0 fully saturated rings. The summed E-state index contributed by atoms with van der Waals surface area (Å²) in [6.07, 6.45) is 0.993. The molecule has 1 N–H and O–H groups in total. The van der Waals surface area contributed by atoms with E-state index in [0.717, 1.165) is 20.6 Å². The number of nitrogens with one attached hydrogen (secondary N) is 1. The fourth-order valence-corrected chi connectivity index (χ4v) is 4.96. The Balaban J connectivity index is 2.40. The molecular weight excluding hydrogens is 565 g/mol. The topological polar surface area (TPSA) is 86.8 Å². The van der Waals surface area contributed by atoms with E-state index in [2.05, 4.69) is 21.2 Å². The van der Waals surface area contributed by atoms with Gasteiger partial charge in [-0.2, -0.15) is 0 Å². The fourth-order valence-electron chi connectivity index (χ4n) is 3.16. The fraction of sp³-hybridized carbons (Fsp3) is 0.391. The summed E-state index contributed by atoms with van der Waals surface area (Å²) in [6.45, 7) is 5.60. The first-order chi connectivity index (χ1) is 15.8. The minimum absolute atomic E-state index is 0.114. The number of nitrogens with zero attached hydrogens (tertiary/aromatic N) is 2. The highest BCUT2D eigenvalue weighted by Crippen LogP contribution is 2.27. The van der Waals surface area contributed by atoms with Gasteiger partial charge in [0.15, 0.2) is 0 Å². The third kappa shape index (κ3) is 8.45. The van der Waals surface area contributed by atoms with Crippen LogP contribution in [0.15, 0.2) is 46.9 Å². The molecule has 0 aromatic heterocycles. The van der Waals surface area contributed by atoms with Crippen LogP contribution in [0.25, 0.3) is 0 Å². The second-order valence-electron chi connectivity index (χ2n) is 8.36. The van der Waals surface area contributed by atoms with E-state index in [1.807, 2.05) is 38.1 Å². The molecule has 2 rings (SSSR count). The predicted molar refractivity (Wildman–Crippen MR) is 141 cm³/mol. The number of benzene rings is 2. The van der Waals surface area contributed by atoms with Crippen molar-refractivity contribution in [2.24, 2.45) is 5.92 Å². The second kappa shape index (κ2) is 12.2. The first kappa shape index (κ1) is 28.4. The molecule has 0 aliphatic carbocycles. The maximum atomic E-state index is 13.5. The van der Waals surface area contributed by atoms with Crippen molar-refractivity contribution in [1.82, 2.24) is 10.2 Å². The lowest BCUT2D eigenvalue weighted by molar-refractivity contribution is -0.139. The highest BCUT2D eigenvalue weighted by atomic mass is 79.9. The van der Waals surface area contributed by atoms with Gasteiger partial charge in [0.1, 0.15) is 12.6 Å². The Labute approximate surface area is 219 Å². The maximum absolute atomic E-state index is 13.5. The first-order valence-electron chi connectivity index (χ1n) is 10.5. The number of sulfonamides is 1. The zero-order valence-corrected chi connectivity index (χ0v) is 23.3. The number of carbonyl (C=O) groups is 2. The van der Waals surface area contributed by atoms with Crippen molar-refractivity contribution in [2.45, 2.75) is 33.4 Å². The average molecular weight is 593 g/mol. The monoisotopic (exact) mass is 591 g/mol. The molecule has 2 aromatic rings. The molecule has 11 heteroatoms. The lowest BCUT2D eigenvalue weighted by atomic mass is 10.1. The molecule has 0 saturated carbocycles. The summed E-state index contributed by atoms with van der Waals surface area (Å²) in [5.74, 6) is -0.638. The largest absolute Gasteiger partial charge is 0.354 e. The zero-order valence-electron chi connectivity index (χ0n) is 19.4. The van der Waals surface area contributed by atoms with Crippen LogP contribution in [0.1, 0.15) is 26.3 Å². The summed E-state index contributed by atoms with van der Waals surface area (Å²) in [5.41, 5.74) is 0.940. The summed E-state index contributed by atoms with van der Waals surface area (Å²) in [7, 11) is -3.87. The molecule has 186 valence electrons. The molecule has 0 heterocycles. The number of hydrogen-bond acceptors (Lipinski definition) is 4. The molecule has 0 spiro atoms. The van der Waals surface area contributed by atoms with E-state index in [1.54, 1.807) is 6.92 Å². The van der Waals surface area contributed by atoms with E-state index in [0.29, 0.717) is 6.54 Å². The van der Waals surface area contributed by atoms with Gasteiger partial charge >= 0.3 is 0 Å². The van der Waals surface area contributed by atoms with Gasteiger partial charge < -0.3 is 10.2 Å². The van der Waals surface area contributed by atoms with E-state index in [4.69, 9.17) is 23.2 Å². The molecular formula is C23H28BrCl2N3O4S. The van der Waals surface area contributed by atoms with Crippen molar-refractivity contribution in [3.8, 4) is 0 Å². The number of carbonyl (C=O) groups excluding carboxylic acids is 2. The quantitative estimate of drug-likeness (QED) is 0.433. The normalized spacial score (nSPS) is 12.4. The van der Waals surface area contributed by atoms with Crippen LogP contribution < -0.4 is 9.62 Å².